The predicted octanol–water partition coefficient (Wildman–Crippen LogP) is 4.99. The fourth-order valence-electron chi connectivity index (χ4n) is 3.83. The quantitative estimate of drug-likeness (QED) is 0.684. The Labute approximate surface area is 174 Å². The zero-order valence-electron chi connectivity index (χ0n) is 17.6. The lowest BCUT2D eigenvalue weighted by molar-refractivity contribution is 0.184. The Morgan fingerprint density at radius 1 is 1.00 bits per heavy atom. The van der Waals surface area contributed by atoms with Gasteiger partial charge in [-0.15, -0.1) is 0 Å². The molecule has 0 aromatic heterocycles. The molecule has 1 saturated carbocycles. The second kappa shape index (κ2) is 10.9. The SMILES string of the molecule is CN(CCOc1ccccc1)C(=O)Nc1ccccc1CN(C)C1CCCCC1. The van der Waals surface area contributed by atoms with E-state index in [4.69, 9.17) is 4.74 Å². The molecule has 5 nitrogen and oxygen atoms in total. The number of para-hydroxylation sites is 2. The molecule has 1 aliphatic rings. The molecule has 2 aromatic rings. The maximum atomic E-state index is 12.6. The van der Waals surface area contributed by atoms with Crippen LogP contribution in [0.15, 0.2) is 54.6 Å². The molecule has 2 aromatic carbocycles. The number of hydrogen-bond donors (Lipinski definition) is 1. The summed E-state index contributed by atoms with van der Waals surface area (Å²) in [6, 6.07) is 18.3. The molecule has 2 amide bonds. The van der Waals surface area contributed by atoms with Crippen molar-refractivity contribution in [2.24, 2.45) is 0 Å². The highest BCUT2D eigenvalue weighted by molar-refractivity contribution is 5.90. The van der Waals surface area contributed by atoms with E-state index < -0.39 is 0 Å². The van der Waals surface area contributed by atoms with Crippen molar-refractivity contribution >= 4 is 11.7 Å². The van der Waals surface area contributed by atoms with Crippen LogP contribution in [0.25, 0.3) is 0 Å². The van der Waals surface area contributed by atoms with Gasteiger partial charge in [-0.1, -0.05) is 55.7 Å². The molecule has 0 bridgehead atoms. The minimum atomic E-state index is -0.116. The molecule has 1 aliphatic carbocycles. The van der Waals surface area contributed by atoms with E-state index in [9.17, 15) is 4.79 Å². The van der Waals surface area contributed by atoms with E-state index in [2.05, 4.69) is 23.3 Å². The van der Waals surface area contributed by atoms with Gasteiger partial charge in [-0.3, -0.25) is 4.90 Å². The number of urea groups is 1. The van der Waals surface area contributed by atoms with E-state index in [-0.39, 0.29) is 6.03 Å². The highest BCUT2D eigenvalue weighted by Crippen LogP contribution is 2.25. The Balaban J connectivity index is 1.51. The molecule has 0 saturated heterocycles. The number of rotatable bonds is 8. The van der Waals surface area contributed by atoms with Crippen molar-refractivity contribution in [3.63, 3.8) is 0 Å². The van der Waals surface area contributed by atoms with Gasteiger partial charge in [0.2, 0.25) is 0 Å². The zero-order valence-corrected chi connectivity index (χ0v) is 17.6. The Morgan fingerprint density at radius 3 is 2.45 bits per heavy atom. The van der Waals surface area contributed by atoms with Gasteiger partial charge in [0, 0.05) is 25.3 Å². The normalized spacial score (nSPS) is 14.6. The van der Waals surface area contributed by atoms with E-state index in [1.165, 1.54) is 32.1 Å². The van der Waals surface area contributed by atoms with Crippen molar-refractivity contribution in [3.8, 4) is 5.75 Å². The van der Waals surface area contributed by atoms with Crippen LogP contribution >= 0.6 is 0 Å². The van der Waals surface area contributed by atoms with Gasteiger partial charge < -0.3 is 15.0 Å². The summed E-state index contributed by atoms with van der Waals surface area (Å²) >= 11 is 0. The second-order valence-electron chi connectivity index (χ2n) is 7.88. The van der Waals surface area contributed by atoms with Gasteiger partial charge >= 0.3 is 6.03 Å². The third kappa shape index (κ3) is 6.50. The topological polar surface area (TPSA) is 44.8 Å². The summed E-state index contributed by atoms with van der Waals surface area (Å²) in [6.45, 7) is 1.83. The van der Waals surface area contributed by atoms with Crippen LogP contribution in [0, 0.1) is 0 Å². The summed E-state index contributed by atoms with van der Waals surface area (Å²) in [6.07, 6.45) is 6.55. The lowest BCUT2D eigenvalue weighted by Crippen LogP contribution is -2.35. The first-order chi connectivity index (χ1) is 14.1. The third-order valence-corrected chi connectivity index (χ3v) is 5.66. The molecule has 0 heterocycles. The Hall–Kier alpha value is -2.53. The number of nitrogens with zero attached hydrogens (tertiary/aromatic N) is 2. The monoisotopic (exact) mass is 395 g/mol. The molecule has 0 spiro atoms. The first-order valence-electron chi connectivity index (χ1n) is 10.6. The molecular weight excluding hydrogens is 362 g/mol. The Bertz CT molecular complexity index is 760. The van der Waals surface area contributed by atoms with Gasteiger partial charge in [-0.05, 0) is 43.7 Å². The van der Waals surface area contributed by atoms with Crippen molar-refractivity contribution in [1.82, 2.24) is 9.80 Å². The van der Waals surface area contributed by atoms with E-state index in [1.54, 1.807) is 11.9 Å². The van der Waals surface area contributed by atoms with Crippen molar-refractivity contribution in [3.05, 3.63) is 60.2 Å². The fourth-order valence-corrected chi connectivity index (χ4v) is 3.83. The lowest BCUT2D eigenvalue weighted by atomic mass is 9.94. The number of amides is 2. The van der Waals surface area contributed by atoms with Crippen LogP contribution in [0.3, 0.4) is 0 Å². The Morgan fingerprint density at radius 2 is 1.69 bits per heavy atom. The molecule has 156 valence electrons. The molecular formula is C24H33N3O2. The van der Waals surface area contributed by atoms with Gasteiger partial charge in [0.1, 0.15) is 12.4 Å². The van der Waals surface area contributed by atoms with Gasteiger partial charge in [0.15, 0.2) is 0 Å². The minimum Gasteiger partial charge on any atom is -0.492 e. The van der Waals surface area contributed by atoms with E-state index >= 15 is 0 Å². The molecule has 5 heteroatoms. The average Bonchev–Trinajstić information content (AvgIpc) is 2.76. The van der Waals surface area contributed by atoms with Gasteiger partial charge in [0.25, 0.3) is 0 Å². The number of anilines is 1. The predicted molar refractivity (Wildman–Crippen MR) is 118 cm³/mol. The Kier molecular flexibility index (Phi) is 7.94. The number of nitrogens with one attached hydrogen (secondary N) is 1. The number of ether oxygens (including phenoxy) is 1. The first-order valence-corrected chi connectivity index (χ1v) is 10.6. The number of carbonyl (C=O) groups is 1. The molecule has 1 fully saturated rings. The number of benzene rings is 2. The fraction of sp³-hybridized carbons (Fsp3) is 0.458. The largest absolute Gasteiger partial charge is 0.492 e. The van der Waals surface area contributed by atoms with Crippen LogP contribution in [0.4, 0.5) is 10.5 Å². The molecule has 29 heavy (non-hydrogen) atoms. The summed E-state index contributed by atoms with van der Waals surface area (Å²) in [7, 11) is 3.99. The van der Waals surface area contributed by atoms with E-state index in [0.717, 1.165) is 23.5 Å². The molecule has 0 aliphatic heterocycles. The van der Waals surface area contributed by atoms with E-state index in [0.29, 0.717) is 19.2 Å². The standard InChI is InChI=1S/C24H33N3O2/c1-26(17-18-29-22-14-7-4-8-15-22)24(28)25-23-16-10-9-11-20(23)19-27(2)21-12-5-3-6-13-21/h4,7-11,14-16,21H,3,5-6,12-13,17-19H2,1-2H3,(H,25,28). The summed E-state index contributed by atoms with van der Waals surface area (Å²) in [5, 5.41) is 3.07. The van der Waals surface area contributed by atoms with Crippen LogP contribution < -0.4 is 10.1 Å². The smallest absolute Gasteiger partial charge is 0.321 e. The van der Waals surface area contributed by atoms with E-state index in [1.807, 2.05) is 48.5 Å². The number of carbonyl (C=O) groups excluding carboxylic acids is 1. The minimum absolute atomic E-state index is 0.116. The van der Waals surface area contributed by atoms with Gasteiger partial charge in [0.05, 0.1) is 6.54 Å². The van der Waals surface area contributed by atoms with Crippen LogP contribution in [0.5, 0.6) is 5.75 Å². The van der Waals surface area contributed by atoms with Crippen LogP contribution in [0.1, 0.15) is 37.7 Å². The highest BCUT2D eigenvalue weighted by Gasteiger charge is 2.19. The average molecular weight is 396 g/mol. The van der Waals surface area contributed by atoms with Gasteiger partial charge in [-0.2, -0.15) is 0 Å². The van der Waals surface area contributed by atoms with Crippen LogP contribution in [0.2, 0.25) is 0 Å². The molecule has 1 N–H and O–H groups in total. The molecule has 0 atom stereocenters. The number of likely N-dealkylation sites (N-methyl/N-ethyl adjacent to an activating group) is 1. The summed E-state index contributed by atoms with van der Waals surface area (Å²) < 4.78 is 5.69. The van der Waals surface area contributed by atoms with Crippen molar-refractivity contribution in [1.29, 1.82) is 0 Å². The highest BCUT2D eigenvalue weighted by atomic mass is 16.5. The zero-order chi connectivity index (χ0) is 20.5. The molecule has 0 unspecified atom stereocenters. The van der Waals surface area contributed by atoms with Gasteiger partial charge in [-0.25, -0.2) is 4.79 Å². The summed E-state index contributed by atoms with van der Waals surface area (Å²) in [4.78, 5) is 16.7. The number of hydrogen-bond acceptors (Lipinski definition) is 3. The summed E-state index contributed by atoms with van der Waals surface area (Å²) in [5.41, 5.74) is 2.04. The van der Waals surface area contributed by atoms with Crippen molar-refractivity contribution < 1.29 is 9.53 Å². The van der Waals surface area contributed by atoms with Crippen molar-refractivity contribution in [2.75, 3.05) is 32.6 Å². The first kappa shape index (κ1) is 21.2. The van der Waals surface area contributed by atoms with Crippen LogP contribution in [-0.2, 0) is 6.54 Å². The molecule has 3 rings (SSSR count). The maximum absolute atomic E-state index is 12.6. The molecule has 0 radical (unpaired) electrons. The van der Waals surface area contributed by atoms with Crippen molar-refractivity contribution in [2.45, 2.75) is 44.7 Å². The summed E-state index contributed by atoms with van der Waals surface area (Å²) in [5.74, 6) is 0.817. The maximum Gasteiger partial charge on any atom is 0.321 e. The van der Waals surface area contributed by atoms with Crippen LogP contribution in [-0.4, -0.2) is 49.1 Å². The lowest BCUT2D eigenvalue weighted by Gasteiger charge is -2.31. The second-order valence-corrected chi connectivity index (χ2v) is 7.88. The third-order valence-electron chi connectivity index (χ3n) is 5.66.